The molecule has 0 saturated carbocycles. The zero-order valence-electron chi connectivity index (χ0n) is 24.7. The number of nitrogens with one attached hydrogen (secondary N) is 2. The second-order valence-electron chi connectivity index (χ2n) is 12.1. The number of rotatable bonds is 8. The van der Waals surface area contributed by atoms with Gasteiger partial charge < -0.3 is 24.3 Å². The van der Waals surface area contributed by atoms with Gasteiger partial charge in [0.05, 0.1) is 30.1 Å². The monoisotopic (exact) mass is 604 g/mol. The van der Waals surface area contributed by atoms with E-state index in [1.807, 2.05) is 34.6 Å². The predicted octanol–water partition coefficient (Wildman–Crippen LogP) is 5.37. The maximum atomic E-state index is 15.1. The van der Waals surface area contributed by atoms with Gasteiger partial charge in [-0.1, -0.05) is 11.2 Å². The first-order chi connectivity index (χ1) is 20.2. The van der Waals surface area contributed by atoms with Gasteiger partial charge in [-0.25, -0.2) is 9.37 Å². The molecule has 0 radical (unpaired) electrons. The van der Waals surface area contributed by atoms with Crippen molar-refractivity contribution in [1.82, 2.24) is 34.5 Å². The minimum absolute atomic E-state index is 0.0120. The van der Waals surface area contributed by atoms with E-state index >= 15 is 4.39 Å². The molecule has 1 aromatic carbocycles. The molecular formula is C29H36F4N8O2. The van der Waals surface area contributed by atoms with E-state index in [4.69, 9.17) is 4.52 Å². The number of likely N-dealkylation sites (tertiary alicyclic amines) is 1. The lowest BCUT2D eigenvalue weighted by Crippen LogP contribution is -2.50. The van der Waals surface area contributed by atoms with Crippen LogP contribution in [0.2, 0.25) is 0 Å². The van der Waals surface area contributed by atoms with Crippen molar-refractivity contribution < 1.29 is 26.9 Å². The molecule has 2 N–H and O–H groups in total. The minimum atomic E-state index is -4.53. The van der Waals surface area contributed by atoms with E-state index in [2.05, 4.69) is 30.7 Å². The van der Waals surface area contributed by atoms with Crippen LogP contribution in [-0.4, -0.2) is 72.6 Å². The smallest absolute Gasteiger partial charge is 0.379 e. The van der Waals surface area contributed by atoms with Gasteiger partial charge in [0.25, 0.3) is 5.91 Å². The molecule has 4 aromatic rings. The number of nitrogens with zero attached hydrogens (tertiary/aromatic N) is 6. The number of aromatic nitrogens is 5. The zero-order valence-corrected chi connectivity index (χ0v) is 24.7. The fraction of sp³-hybridized carbons (Fsp3) is 0.517. The number of hydrogen-bond acceptors (Lipinski definition) is 7. The molecule has 2 atom stereocenters. The Balaban J connectivity index is 1.38. The van der Waals surface area contributed by atoms with E-state index in [0.29, 0.717) is 29.6 Å². The Morgan fingerprint density at radius 2 is 1.98 bits per heavy atom. The number of benzene rings is 1. The summed E-state index contributed by atoms with van der Waals surface area (Å²) < 4.78 is 64.4. The van der Waals surface area contributed by atoms with Crippen LogP contribution in [0.4, 0.5) is 23.2 Å². The molecule has 43 heavy (non-hydrogen) atoms. The second-order valence-corrected chi connectivity index (χ2v) is 12.1. The molecule has 3 aromatic heterocycles. The summed E-state index contributed by atoms with van der Waals surface area (Å²) in [7, 11) is 0. The third-order valence-electron chi connectivity index (χ3n) is 7.61. The summed E-state index contributed by atoms with van der Waals surface area (Å²) in [5.74, 6) is -0.519. The summed E-state index contributed by atoms with van der Waals surface area (Å²) in [6.07, 6.45) is -1.93. The normalized spacial score (nSPS) is 18.5. The van der Waals surface area contributed by atoms with Crippen molar-refractivity contribution in [2.45, 2.75) is 84.1 Å². The van der Waals surface area contributed by atoms with Crippen LogP contribution < -0.4 is 10.6 Å². The molecule has 1 saturated heterocycles. The highest BCUT2D eigenvalue weighted by molar-refractivity contribution is 5.96. The van der Waals surface area contributed by atoms with Crippen molar-refractivity contribution in [3.05, 3.63) is 48.4 Å². The van der Waals surface area contributed by atoms with Crippen LogP contribution in [0.15, 0.2) is 41.3 Å². The fourth-order valence-electron chi connectivity index (χ4n) is 5.19. The Kier molecular flexibility index (Phi) is 8.25. The molecule has 1 aliphatic rings. The quantitative estimate of drug-likeness (QED) is 0.261. The number of alkyl halides is 4. The van der Waals surface area contributed by atoms with Gasteiger partial charge in [-0.15, -0.1) is 0 Å². The van der Waals surface area contributed by atoms with Gasteiger partial charge in [0, 0.05) is 41.9 Å². The van der Waals surface area contributed by atoms with Crippen molar-refractivity contribution in [2.24, 2.45) is 0 Å². The molecular weight excluding hydrogens is 568 g/mol. The highest BCUT2D eigenvalue weighted by atomic mass is 19.4. The summed E-state index contributed by atoms with van der Waals surface area (Å²) in [5, 5.41) is 10.3. The van der Waals surface area contributed by atoms with Crippen LogP contribution in [0.5, 0.6) is 0 Å². The van der Waals surface area contributed by atoms with Gasteiger partial charge in [0.1, 0.15) is 18.4 Å². The summed E-state index contributed by atoms with van der Waals surface area (Å²) >= 11 is 0. The Morgan fingerprint density at radius 1 is 1.21 bits per heavy atom. The Hall–Kier alpha value is -3.94. The summed E-state index contributed by atoms with van der Waals surface area (Å²) in [6, 6.07) is 6.22. The van der Waals surface area contributed by atoms with Gasteiger partial charge in [-0.3, -0.25) is 9.69 Å². The van der Waals surface area contributed by atoms with Crippen LogP contribution in [0.3, 0.4) is 0 Å². The largest absolute Gasteiger partial charge is 0.406 e. The number of hydrogen-bond donors (Lipinski definition) is 2. The average Bonchev–Trinajstić information content (AvgIpc) is 3.67. The molecule has 1 amide bonds. The molecule has 0 aliphatic carbocycles. The highest BCUT2D eigenvalue weighted by Crippen LogP contribution is 2.35. The van der Waals surface area contributed by atoms with Crippen LogP contribution in [0.25, 0.3) is 22.4 Å². The first-order valence-corrected chi connectivity index (χ1v) is 14.2. The molecule has 0 unspecified atom stereocenters. The molecule has 5 rings (SSSR count). The first kappa shape index (κ1) is 30.5. The van der Waals surface area contributed by atoms with Crippen molar-refractivity contribution >= 4 is 22.5 Å². The number of carbonyl (C=O) groups excluding carboxylic acids is 1. The topological polar surface area (TPSA) is 106 Å². The molecule has 0 bridgehead atoms. The summed E-state index contributed by atoms with van der Waals surface area (Å²) in [5.41, 5.74) is 0.844. The van der Waals surface area contributed by atoms with E-state index in [0.717, 1.165) is 4.57 Å². The SMILES string of the molecule is CC(C)N1CC[C@@H](Nc2cccc3c2cc(-c2noc(CNC(=O)c4cn(C(C)(C)C)cn4)n2)n3CC(F)(F)F)[C@@H](F)C1. The van der Waals surface area contributed by atoms with Crippen molar-refractivity contribution in [2.75, 3.05) is 18.4 Å². The maximum absolute atomic E-state index is 15.1. The van der Waals surface area contributed by atoms with Crippen LogP contribution in [0, 0.1) is 0 Å². The Morgan fingerprint density at radius 3 is 2.63 bits per heavy atom. The van der Waals surface area contributed by atoms with Crippen molar-refractivity contribution in [1.29, 1.82) is 0 Å². The van der Waals surface area contributed by atoms with Crippen molar-refractivity contribution in [3.63, 3.8) is 0 Å². The molecule has 10 nitrogen and oxygen atoms in total. The molecule has 1 aliphatic heterocycles. The predicted molar refractivity (Wildman–Crippen MR) is 153 cm³/mol. The Bertz CT molecular complexity index is 1580. The van der Waals surface area contributed by atoms with Crippen LogP contribution in [0.1, 0.15) is 57.4 Å². The summed E-state index contributed by atoms with van der Waals surface area (Å²) in [4.78, 5) is 23.1. The number of carbonyl (C=O) groups is 1. The standard InChI is InChI=1S/C29H36F4N8O2/c1-17(2)39-10-9-21(19(30)13-39)36-20-7-6-8-23-18(20)11-24(41(23)15-29(31,32)33)26-37-25(43-38-26)12-34-27(42)22-14-40(16-35-22)28(3,4)5/h6-8,11,14,16-17,19,21,36H,9-10,12-13,15H2,1-5H3,(H,34,42)/t19-,21+/m0/s1. The lowest BCUT2D eigenvalue weighted by molar-refractivity contribution is -0.139. The number of fused-ring (bicyclic) bond motifs is 1. The molecule has 0 spiro atoms. The first-order valence-electron chi connectivity index (χ1n) is 14.2. The summed E-state index contributed by atoms with van der Waals surface area (Å²) in [6.45, 7) is 9.53. The van der Waals surface area contributed by atoms with Gasteiger partial charge in [-0.05, 0) is 59.2 Å². The number of piperidine rings is 1. The fourth-order valence-corrected chi connectivity index (χ4v) is 5.19. The molecule has 4 heterocycles. The third kappa shape index (κ3) is 6.84. The number of halogens is 4. The van der Waals surface area contributed by atoms with Gasteiger partial charge in [0.2, 0.25) is 11.7 Å². The van der Waals surface area contributed by atoms with Gasteiger partial charge >= 0.3 is 6.18 Å². The lowest BCUT2D eigenvalue weighted by Gasteiger charge is -2.37. The third-order valence-corrected chi connectivity index (χ3v) is 7.61. The molecule has 232 valence electrons. The number of imidazole rings is 1. The number of amides is 1. The highest BCUT2D eigenvalue weighted by Gasteiger charge is 2.33. The minimum Gasteiger partial charge on any atom is -0.379 e. The average molecular weight is 605 g/mol. The van der Waals surface area contributed by atoms with E-state index in [9.17, 15) is 18.0 Å². The van der Waals surface area contributed by atoms with E-state index in [-0.39, 0.29) is 47.8 Å². The lowest BCUT2D eigenvalue weighted by atomic mass is 10.0. The van der Waals surface area contributed by atoms with Crippen molar-refractivity contribution in [3.8, 4) is 11.5 Å². The Labute approximate surface area is 246 Å². The maximum Gasteiger partial charge on any atom is 0.406 e. The number of anilines is 1. The second kappa shape index (κ2) is 11.6. The van der Waals surface area contributed by atoms with Crippen LogP contribution in [-0.2, 0) is 18.6 Å². The van der Waals surface area contributed by atoms with E-state index < -0.39 is 30.8 Å². The molecule has 14 heteroatoms. The van der Waals surface area contributed by atoms with E-state index in [1.165, 1.54) is 0 Å². The van der Waals surface area contributed by atoms with E-state index in [1.54, 1.807) is 41.4 Å². The van der Waals surface area contributed by atoms with Gasteiger partial charge in [0.15, 0.2) is 0 Å². The van der Waals surface area contributed by atoms with Crippen LogP contribution >= 0.6 is 0 Å². The molecule has 1 fully saturated rings. The van der Waals surface area contributed by atoms with Gasteiger partial charge in [-0.2, -0.15) is 18.2 Å². The zero-order chi connectivity index (χ0) is 31.1.